The van der Waals surface area contributed by atoms with Crippen molar-refractivity contribution >= 4 is 87.4 Å². The van der Waals surface area contributed by atoms with E-state index in [4.69, 9.17) is 9.40 Å². The van der Waals surface area contributed by atoms with Gasteiger partial charge in [0, 0.05) is 48.8 Å². The maximum absolute atomic E-state index is 6.56. The summed E-state index contributed by atoms with van der Waals surface area (Å²) >= 11 is 0. The van der Waals surface area contributed by atoms with E-state index < -0.39 is 0 Å². The molecule has 0 saturated heterocycles. The molecular formula is C65H40N4O. The lowest BCUT2D eigenvalue weighted by molar-refractivity contribution is 0.669. The van der Waals surface area contributed by atoms with Crippen LogP contribution in [-0.4, -0.2) is 18.7 Å². The number of para-hydroxylation sites is 3. The van der Waals surface area contributed by atoms with Crippen molar-refractivity contribution in [3.8, 4) is 50.4 Å². The minimum Gasteiger partial charge on any atom is -0.456 e. The zero-order valence-electron chi connectivity index (χ0n) is 37.8. The summed E-state index contributed by atoms with van der Waals surface area (Å²) in [7, 11) is 0. The molecule has 0 unspecified atom stereocenters. The molecule has 0 fully saturated rings. The monoisotopic (exact) mass is 892 g/mol. The lowest BCUT2D eigenvalue weighted by atomic mass is 10.0. The molecule has 0 N–H and O–H groups in total. The molecule has 0 amide bonds. The summed E-state index contributed by atoms with van der Waals surface area (Å²) in [5.74, 6) is 0. The lowest BCUT2D eigenvalue weighted by Crippen LogP contribution is -1.99. The third kappa shape index (κ3) is 5.82. The van der Waals surface area contributed by atoms with Crippen molar-refractivity contribution in [1.29, 1.82) is 0 Å². The lowest BCUT2D eigenvalue weighted by Gasteiger charge is -2.12. The Kier molecular flexibility index (Phi) is 8.29. The third-order valence-electron chi connectivity index (χ3n) is 14.5. The van der Waals surface area contributed by atoms with Gasteiger partial charge in [0.05, 0.1) is 56.9 Å². The molecule has 0 spiro atoms. The largest absolute Gasteiger partial charge is 0.456 e. The summed E-state index contributed by atoms with van der Waals surface area (Å²) in [5.41, 5.74) is 18.9. The maximum atomic E-state index is 6.56. The number of nitrogens with zero attached hydrogens (tertiary/aromatic N) is 4. The van der Waals surface area contributed by atoms with Crippen molar-refractivity contribution in [2.24, 2.45) is 0 Å². The van der Waals surface area contributed by atoms with Crippen LogP contribution in [0.25, 0.3) is 138 Å². The van der Waals surface area contributed by atoms with Gasteiger partial charge in [-0.05, 0) is 124 Å². The Hall–Kier alpha value is -9.45. The van der Waals surface area contributed by atoms with Crippen molar-refractivity contribution in [1.82, 2.24) is 18.7 Å². The van der Waals surface area contributed by atoms with Gasteiger partial charge in [-0.1, -0.05) is 140 Å². The number of hydrogen-bond donors (Lipinski definition) is 0. The molecule has 0 aliphatic carbocycles. The third-order valence-corrected chi connectivity index (χ3v) is 14.5. The summed E-state index contributed by atoms with van der Waals surface area (Å²) in [4.78, 5) is 4.87. The van der Waals surface area contributed by atoms with E-state index in [1.54, 1.807) is 0 Å². The molecule has 0 aliphatic rings. The van der Waals surface area contributed by atoms with Gasteiger partial charge < -0.3 is 18.1 Å². The van der Waals surface area contributed by atoms with Crippen molar-refractivity contribution in [3.05, 3.63) is 243 Å². The fourth-order valence-corrected chi connectivity index (χ4v) is 11.3. The second-order valence-electron chi connectivity index (χ2n) is 18.4. The molecule has 0 saturated carbocycles. The Morgan fingerprint density at radius 1 is 0.243 bits per heavy atom. The van der Waals surface area contributed by atoms with E-state index in [2.05, 4.69) is 244 Å². The highest BCUT2D eigenvalue weighted by atomic mass is 16.3. The van der Waals surface area contributed by atoms with E-state index in [9.17, 15) is 0 Å². The quantitative estimate of drug-likeness (QED) is 0.167. The van der Waals surface area contributed by atoms with Crippen molar-refractivity contribution in [2.45, 2.75) is 0 Å². The highest BCUT2D eigenvalue weighted by Gasteiger charge is 2.20. The first-order valence-corrected chi connectivity index (χ1v) is 23.8. The van der Waals surface area contributed by atoms with Crippen LogP contribution >= 0.6 is 0 Å². The fourth-order valence-electron chi connectivity index (χ4n) is 11.3. The Labute approximate surface area is 401 Å². The van der Waals surface area contributed by atoms with Crippen LogP contribution in [0.1, 0.15) is 0 Å². The van der Waals surface area contributed by atoms with Gasteiger partial charge in [-0.15, -0.1) is 0 Å². The molecule has 5 aromatic heterocycles. The second-order valence-corrected chi connectivity index (χ2v) is 18.4. The van der Waals surface area contributed by atoms with Gasteiger partial charge in [-0.3, -0.25) is 4.98 Å². The van der Waals surface area contributed by atoms with Crippen LogP contribution < -0.4 is 0 Å². The second kappa shape index (κ2) is 15.0. The zero-order valence-corrected chi connectivity index (χ0v) is 37.8. The molecule has 0 aliphatic heterocycles. The standard InChI is InChI=1S/C65H40N4O/c1-3-13-41(14-4-1)43-23-28-62-54(33-43)55-34-44(42-15-5-2-6-16-42)24-29-63(55)67(62)47-27-32-65-57(38-47)56-36-46(26-31-64(56)70-65)45-25-30-61-53(35-45)52-19-9-12-22-60(52)69(61)49-37-48(39-66-40-49)68-58-20-10-7-17-50(58)51-18-8-11-21-59(51)68/h1-40H. The highest BCUT2D eigenvalue weighted by molar-refractivity contribution is 6.14. The predicted molar refractivity (Wildman–Crippen MR) is 291 cm³/mol. The van der Waals surface area contributed by atoms with E-state index >= 15 is 0 Å². The van der Waals surface area contributed by atoms with Gasteiger partial charge in [0.2, 0.25) is 0 Å². The van der Waals surface area contributed by atoms with Gasteiger partial charge in [0.25, 0.3) is 0 Å². The highest BCUT2D eigenvalue weighted by Crippen LogP contribution is 2.41. The van der Waals surface area contributed by atoms with Crippen LogP contribution in [0.2, 0.25) is 0 Å². The Morgan fingerprint density at radius 2 is 0.600 bits per heavy atom. The summed E-state index contributed by atoms with van der Waals surface area (Å²) < 4.78 is 13.7. The summed E-state index contributed by atoms with van der Waals surface area (Å²) in [6.45, 7) is 0. The van der Waals surface area contributed by atoms with Crippen molar-refractivity contribution in [2.75, 3.05) is 0 Å². The summed E-state index contributed by atoms with van der Waals surface area (Å²) in [6, 6.07) is 83.4. The number of rotatable bonds is 6. The number of furan rings is 1. The zero-order chi connectivity index (χ0) is 45.9. The van der Waals surface area contributed by atoms with Crippen LogP contribution in [0.3, 0.4) is 0 Å². The molecule has 0 atom stereocenters. The smallest absolute Gasteiger partial charge is 0.135 e. The van der Waals surface area contributed by atoms with E-state index in [1.165, 1.54) is 54.6 Å². The van der Waals surface area contributed by atoms with Gasteiger partial charge in [-0.25, -0.2) is 0 Å². The molecule has 5 heterocycles. The number of pyridine rings is 1. The predicted octanol–water partition coefficient (Wildman–Crippen LogP) is 17.3. The van der Waals surface area contributed by atoms with E-state index in [1.807, 2.05) is 12.4 Å². The van der Waals surface area contributed by atoms with Crippen LogP contribution in [0, 0.1) is 0 Å². The van der Waals surface area contributed by atoms with Gasteiger partial charge in [0.15, 0.2) is 0 Å². The summed E-state index contributed by atoms with van der Waals surface area (Å²) in [5, 5.41) is 9.45. The molecule has 15 rings (SSSR count). The molecule has 5 heteroatoms. The summed E-state index contributed by atoms with van der Waals surface area (Å²) in [6.07, 6.45) is 3.95. The molecule has 70 heavy (non-hydrogen) atoms. The number of benzene rings is 10. The normalized spacial score (nSPS) is 12.0. The van der Waals surface area contributed by atoms with E-state index in [-0.39, 0.29) is 0 Å². The number of fused-ring (bicyclic) bond motifs is 12. The van der Waals surface area contributed by atoms with Gasteiger partial charge >= 0.3 is 0 Å². The van der Waals surface area contributed by atoms with E-state index in [0.717, 1.165) is 83.2 Å². The number of hydrogen-bond acceptors (Lipinski definition) is 2. The van der Waals surface area contributed by atoms with Crippen molar-refractivity contribution < 1.29 is 4.42 Å². The topological polar surface area (TPSA) is 40.8 Å². The molecule has 0 radical (unpaired) electrons. The molecular weight excluding hydrogens is 853 g/mol. The number of aromatic nitrogens is 4. The average Bonchev–Trinajstić information content (AvgIpc) is 4.17. The Bertz CT molecular complexity index is 4440. The fraction of sp³-hybridized carbons (Fsp3) is 0. The molecule has 326 valence electrons. The first-order chi connectivity index (χ1) is 34.7. The van der Waals surface area contributed by atoms with Crippen molar-refractivity contribution in [3.63, 3.8) is 0 Å². The average molecular weight is 893 g/mol. The minimum absolute atomic E-state index is 0.865. The van der Waals surface area contributed by atoms with Crippen LogP contribution in [0.5, 0.6) is 0 Å². The maximum Gasteiger partial charge on any atom is 0.135 e. The SMILES string of the molecule is c1ccc(-c2ccc3c(c2)c2cc(-c4ccccc4)ccc2n3-c2ccc3oc4ccc(-c5ccc6c(c5)c5ccccc5n6-c5cncc(-n6c7ccccc7c7ccccc76)c5)cc4c3c2)cc1. The molecule has 15 aromatic rings. The van der Waals surface area contributed by atoms with Gasteiger partial charge in [0.1, 0.15) is 11.2 Å². The molecule has 0 bridgehead atoms. The Balaban J connectivity index is 0.859. The first kappa shape index (κ1) is 38.6. The van der Waals surface area contributed by atoms with Gasteiger partial charge in [-0.2, -0.15) is 0 Å². The van der Waals surface area contributed by atoms with Crippen LogP contribution in [-0.2, 0) is 0 Å². The molecule has 5 nitrogen and oxygen atoms in total. The van der Waals surface area contributed by atoms with Crippen LogP contribution in [0.15, 0.2) is 247 Å². The Morgan fingerprint density at radius 3 is 1.11 bits per heavy atom. The first-order valence-electron chi connectivity index (χ1n) is 23.8. The minimum atomic E-state index is 0.865. The van der Waals surface area contributed by atoms with Crippen LogP contribution in [0.4, 0.5) is 0 Å². The molecule has 10 aromatic carbocycles. The van der Waals surface area contributed by atoms with E-state index in [0.29, 0.717) is 0 Å².